The zero-order valence-electron chi connectivity index (χ0n) is 9.93. The van der Waals surface area contributed by atoms with E-state index in [1.807, 2.05) is 6.92 Å². The molecule has 0 aliphatic carbocycles. The highest BCUT2D eigenvalue weighted by Gasteiger charge is 2.19. The number of aryl methyl sites for hydroxylation is 1. The summed E-state index contributed by atoms with van der Waals surface area (Å²) in [5, 5.41) is 7.98. The van der Waals surface area contributed by atoms with E-state index in [2.05, 4.69) is 17.2 Å². The van der Waals surface area contributed by atoms with Crippen molar-refractivity contribution in [2.75, 3.05) is 7.11 Å². The summed E-state index contributed by atoms with van der Waals surface area (Å²) in [5.41, 5.74) is 6.60. The number of nitrogens with two attached hydrogens (primary N) is 1. The molecule has 0 aliphatic heterocycles. The molecule has 2 N–H and O–H groups in total. The number of carbonyl (C=O) groups is 1. The van der Waals surface area contributed by atoms with Gasteiger partial charge in [0.25, 0.3) is 0 Å². The van der Waals surface area contributed by atoms with E-state index in [0.717, 1.165) is 18.7 Å². The van der Waals surface area contributed by atoms with E-state index in [1.165, 1.54) is 0 Å². The SMILES string of the molecule is CCCn1nnc(CC(N)=O)c1C(C)OC. The fourth-order valence-corrected chi connectivity index (χ4v) is 1.58. The number of nitrogens with zero attached hydrogens (tertiary/aromatic N) is 3. The van der Waals surface area contributed by atoms with Crippen molar-refractivity contribution in [2.45, 2.75) is 39.3 Å². The Balaban J connectivity index is 3.03. The van der Waals surface area contributed by atoms with Crippen LogP contribution in [0.5, 0.6) is 0 Å². The van der Waals surface area contributed by atoms with Gasteiger partial charge in [0.1, 0.15) is 0 Å². The molecule has 1 aromatic rings. The Kier molecular flexibility index (Phi) is 4.42. The number of ether oxygens (including phenoxy) is 1. The van der Waals surface area contributed by atoms with Crippen molar-refractivity contribution >= 4 is 5.91 Å². The predicted molar refractivity (Wildman–Crippen MR) is 58.6 cm³/mol. The average Bonchev–Trinajstić information content (AvgIpc) is 2.60. The van der Waals surface area contributed by atoms with E-state index in [4.69, 9.17) is 10.5 Å². The summed E-state index contributed by atoms with van der Waals surface area (Å²) >= 11 is 0. The maximum Gasteiger partial charge on any atom is 0.223 e. The van der Waals surface area contributed by atoms with E-state index >= 15 is 0 Å². The predicted octanol–water partition coefficient (Wildman–Crippen LogP) is 0.423. The number of methoxy groups -OCH3 is 1. The van der Waals surface area contributed by atoms with Crippen LogP contribution in [-0.2, 0) is 22.5 Å². The second kappa shape index (κ2) is 5.60. The van der Waals surface area contributed by atoms with Crippen molar-refractivity contribution in [3.05, 3.63) is 11.4 Å². The molecular weight excluding hydrogens is 208 g/mol. The summed E-state index contributed by atoms with van der Waals surface area (Å²) in [5.74, 6) is -0.409. The number of amides is 1. The minimum atomic E-state index is -0.409. The molecule has 0 radical (unpaired) electrons. The standard InChI is InChI=1S/C10H18N4O2/c1-4-5-14-10(7(2)16-3)8(12-13-14)6-9(11)15/h7H,4-6H2,1-3H3,(H2,11,15). The highest BCUT2D eigenvalue weighted by Crippen LogP contribution is 2.19. The van der Waals surface area contributed by atoms with Crippen molar-refractivity contribution in [3.63, 3.8) is 0 Å². The summed E-state index contributed by atoms with van der Waals surface area (Å²) < 4.78 is 7.02. The molecular formula is C10H18N4O2. The topological polar surface area (TPSA) is 83.0 Å². The van der Waals surface area contributed by atoms with Crippen LogP contribution in [0.25, 0.3) is 0 Å². The molecule has 0 fully saturated rings. The van der Waals surface area contributed by atoms with Crippen LogP contribution in [0.2, 0.25) is 0 Å². The molecule has 1 heterocycles. The molecule has 6 nitrogen and oxygen atoms in total. The van der Waals surface area contributed by atoms with Crippen molar-refractivity contribution < 1.29 is 9.53 Å². The van der Waals surface area contributed by atoms with Gasteiger partial charge in [0.2, 0.25) is 5.91 Å². The van der Waals surface area contributed by atoms with Gasteiger partial charge in [-0.05, 0) is 13.3 Å². The van der Waals surface area contributed by atoms with Crippen molar-refractivity contribution in [1.82, 2.24) is 15.0 Å². The van der Waals surface area contributed by atoms with Gasteiger partial charge in [-0.15, -0.1) is 5.10 Å². The Morgan fingerprint density at radius 3 is 2.81 bits per heavy atom. The molecule has 0 saturated carbocycles. The zero-order chi connectivity index (χ0) is 12.1. The molecule has 1 unspecified atom stereocenters. The first kappa shape index (κ1) is 12.6. The molecule has 1 amide bonds. The summed E-state index contributed by atoms with van der Waals surface area (Å²) in [6.07, 6.45) is 0.908. The molecule has 6 heteroatoms. The monoisotopic (exact) mass is 226 g/mol. The Bertz CT molecular complexity index is 362. The molecule has 0 aromatic carbocycles. The summed E-state index contributed by atoms with van der Waals surface area (Å²) in [6, 6.07) is 0. The summed E-state index contributed by atoms with van der Waals surface area (Å²) in [4.78, 5) is 10.9. The first-order valence-electron chi connectivity index (χ1n) is 5.33. The second-order valence-corrected chi connectivity index (χ2v) is 3.67. The van der Waals surface area contributed by atoms with E-state index in [-0.39, 0.29) is 12.5 Å². The van der Waals surface area contributed by atoms with Crippen molar-refractivity contribution in [1.29, 1.82) is 0 Å². The molecule has 0 bridgehead atoms. The van der Waals surface area contributed by atoms with Crippen LogP contribution in [0.1, 0.15) is 37.8 Å². The van der Waals surface area contributed by atoms with Gasteiger partial charge in [0.15, 0.2) is 0 Å². The number of aromatic nitrogens is 3. The van der Waals surface area contributed by atoms with Crippen LogP contribution in [-0.4, -0.2) is 28.0 Å². The fourth-order valence-electron chi connectivity index (χ4n) is 1.58. The lowest BCUT2D eigenvalue weighted by Crippen LogP contribution is -2.17. The third-order valence-electron chi connectivity index (χ3n) is 2.36. The third kappa shape index (κ3) is 2.79. The van der Waals surface area contributed by atoms with Gasteiger partial charge in [-0.25, -0.2) is 4.68 Å². The molecule has 1 aromatic heterocycles. The number of hydrogen-bond donors (Lipinski definition) is 1. The van der Waals surface area contributed by atoms with Gasteiger partial charge in [-0.2, -0.15) is 0 Å². The fraction of sp³-hybridized carbons (Fsp3) is 0.700. The zero-order valence-corrected chi connectivity index (χ0v) is 9.93. The summed E-state index contributed by atoms with van der Waals surface area (Å²) in [6.45, 7) is 4.71. The molecule has 1 rings (SSSR count). The lowest BCUT2D eigenvalue weighted by molar-refractivity contribution is -0.117. The van der Waals surface area contributed by atoms with Gasteiger partial charge < -0.3 is 10.5 Å². The Morgan fingerprint density at radius 2 is 2.31 bits per heavy atom. The van der Waals surface area contributed by atoms with Crippen LogP contribution in [0, 0.1) is 0 Å². The molecule has 0 aliphatic rings. The van der Waals surface area contributed by atoms with Crippen molar-refractivity contribution in [2.24, 2.45) is 5.73 Å². The smallest absolute Gasteiger partial charge is 0.223 e. The second-order valence-electron chi connectivity index (χ2n) is 3.67. The van der Waals surface area contributed by atoms with Crippen LogP contribution >= 0.6 is 0 Å². The van der Waals surface area contributed by atoms with E-state index in [9.17, 15) is 4.79 Å². The molecule has 16 heavy (non-hydrogen) atoms. The van der Waals surface area contributed by atoms with Crippen molar-refractivity contribution in [3.8, 4) is 0 Å². The maximum atomic E-state index is 10.9. The quantitative estimate of drug-likeness (QED) is 0.762. The van der Waals surface area contributed by atoms with Gasteiger partial charge in [-0.3, -0.25) is 4.79 Å². The van der Waals surface area contributed by atoms with E-state index in [0.29, 0.717) is 5.69 Å². The van der Waals surface area contributed by atoms with E-state index < -0.39 is 5.91 Å². The number of hydrogen-bond acceptors (Lipinski definition) is 4. The molecule has 0 spiro atoms. The van der Waals surface area contributed by atoms with E-state index in [1.54, 1.807) is 11.8 Å². The normalized spacial score (nSPS) is 12.7. The first-order valence-corrected chi connectivity index (χ1v) is 5.33. The lowest BCUT2D eigenvalue weighted by atomic mass is 10.1. The van der Waals surface area contributed by atoms with Crippen LogP contribution < -0.4 is 5.73 Å². The summed E-state index contributed by atoms with van der Waals surface area (Å²) in [7, 11) is 1.61. The first-order chi connectivity index (χ1) is 7.60. The molecule has 90 valence electrons. The van der Waals surface area contributed by atoms with Gasteiger partial charge in [0, 0.05) is 13.7 Å². The Hall–Kier alpha value is -1.43. The maximum absolute atomic E-state index is 10.9. The van der Waals surface area contributed by atoms with Gasteiger partial charge in [0.05, 0.1) is 23.9 Å². The Morgan fingerprint density at radius 1 is 1.62 bits per heavy atom. The molecule has 1 atom stereocenters. The van der Waals surface area contributed by atoms with Gasteiger partial charge in [-0.1, -0.05) is 12.1 Å². The molecule has 0 saturated heterocycles. The minimum absolute atomic E-state index is 0.104. The highest BCUT2D eigenvalue weighted by molar-refractivity contribution is 5.76. The largest absolute Gasteiger partial charge is 0.375 e. The lowest BCUT2D eigenvalue weighted by Gasteiger charge is -2.12. The van der Waals surface area contributed by atoms with Crippen LogP contribution in [0.3, 0.4) is 0 Å². The van der Waals surface area contributed by atoms with Crippen LogP contribution in [0.4, 0.5) is 0 Å². The van der Waals surface area contributed by atoms with Crippen LogP contribution in [0.15, 0.2) is 0 Å². The van der Waals surface area contributed by atoms with Gasteiger partial charge >= 0.3 is 0 Å². The third-order valence-corrected chi connectivity index (χ3v) is 2.36. The number of rotatable bonds is 6. The minimum Gasteiger partial charge on any atom is -0.375 e. The average molecular weight is 226 g/mol. The Labute approximate surface area is 94.8 Å². The number of carbonyl (C=O) groups excluding carboxylic acids is 1. The number of primary amides is 1. The highest BCUT2D eigenvalue weighted by atomic mass is 16.5.